The fraction of sp³-hybridized carbons (Fsp3) is 0.640. The monoisotopic (exact) mass is 413 g/mol. The molecule has 2 fully saturated rings. The van der Waals surface area contributed by atoms with Crippen LogP contribution in [-0.2, 0) is 19.0 Å². The van der Waals surface area contributed by atoms with Crippen molar-refractivity contribution >= 4 is 11.5 Å². The topological polar surface area (TPSA) is 56.8 Å². The number of hydrogen-bond acceptors (Lipinski definition) is 4. The fourth-order valence-corrected chi connectivity index (χ4v) is 5.55. The lowest BCUT2D eigenvalue weighted by atomic mass is 9.72. The molecule has 0 aromatic heterocycles. The summed E-state index contributed by atoms with van der Waals surface area (Å²) in [5, 5.41) is 3.33. The Balaban J connectivity index is 1.73. The minimum Gasteiger partial charge on any atom is -0.469 e. The summed E-state index contributed by atoms with van der Waals surface area (Å²) in [6, 6.07) is 4.27. The molecule has 1 N–H and O–H groups in total. The van der Waals surface area contributed by atoms with Crippen molar-refractivity contribution < 1.29 is 19.0 Å². The number of benzene rings is 1. The quantitative estimate of drug-likeness (QED) is 0.710. The lowest BCUT2D eigenvalue weighted by Gasteiger charge is -2.43. The highest BCUT2D eigenvalue weighted by Crippen LogP contribution is 2.49. The van der Waals surface area contributed by atoms with E-state index in [2.05, 4.69) is 38.2 Å². The lowest BCUT2D eigenvalue weighted by Crippen LogP contribution is -2.51. The Labute approximate surface area is 180 Å². The van der Waals surface area contributed by atoms with Gasteiger partial charge in [-0.15, -0.1) is 0 Å². The summed E-state index contributed by atoms with van der Waals surface area (Å²) in [5.74, 6) is 0.726. The number of hydrogen-bond donors (Lipinski definition) is 1. The van der Waals surface area contributed by atoms with E-state index in [-0.39, 0.29) is 24.4 Å². The summed E-state index contributed by atoms with van der Waals surface area (Å²) in [4.78, 5) is 13.3. The van der Waals surface area contributed by atoms with Gasteiger partial charge in [-0.05, 0) is 89.8 Å². The van der Waals surface area contributed by atoms with Gasteiger partial charge in [-0.2, -0.15) is 0 Å². The highest BCUT2D eigenvalue weighted by Gasteiger charge is 2.53. The fourth-order valence-electron chi connectivity index (χ4n) is 5.55. The zero-order valence-corrected chi connectivity index (χ0v) is 19.0. The maximum atomic E-state index is 13.3. The van der Waals surface area contributed by atoms with E-state index in [4.69, 9.17) is 14.2 Å². The maximum Gasteiger partial charge on any atom is 0.256 e. The van der Waals surface area contributed by atoms with E-state index in [1.165, 1.54) is 5.56 Å². The first-order valence-corrected chi connectivity index (χ1v) is 11.3. The summed E-state index contributed by atoms with van der Waals surface area (Å²) in [6.45, 7) is 11.2. The predicted molar refractivity (Wildman–Crippen MR) is 117 cm³/mol. The summed E-state index contributed by atoms with van der Waals surface area (Å²) in [7, 11) is 0. The second-order valence-electron chi connectivity index (χ2n) is 9.63. The van der Waals surface area contributed by atoms with E-state index in [1.54, 1.807) is 0 Å². The second-order valence-corrected chi connectivity index (χ2v) is 9.63. The highest BCUT2D eigenvalue weighted by molar-refractivity contribution is 6.24. The van der Waals surface area contributed by atoms with Crippen LogP contribution in [0.4, 0.5) is 0 Å². The van der Waals surface area contributed by atoms with Crippen LogP contribution in [-0.4, -0.2) is 36.6 Å². The zero-order chi connectivity index (χ0) is 21.5. The molecule has 30 heavy (non-hydrogen) atoms. The molecule has 1 amide bonds. The summed E-state index contributed by atoms with van der Waals surface area (Å²) < 4.78 is 18.1. The molecule has 0 radical (unpaired) electrons. The number of nitrogens with one attached hydrogen (secondary N) is 1. The third-order valence-electron chi connectivity index (χ3n) is 6.97. The number of amides is 1. The minimum absolute atomic E-state index is 0.00599. The molecule has 0 unspecified atom stereocenters. The molecule has 1 aromatic rings. The van der Waals surface area contributed by atoms with Crippen LogP contribution < -0.4 is 5.32 Å². The third-order valence-corrected chi connectivity index (χ3v) is 6.97. The molecule has 2 aliphatic heterocycles. The van der Waals surface area contributed by atoms with Gasteiger partial charge in [0.15, 0.2) is 6.79 Å². The SMILES string of the molecule is Cc1cc(C)c(C2=C(OCOC(C)C)C3(CCC4(CCCO4)CC3)NC2=O)c(C)c1. The van der Waals surface area contributed by atoms with Crippen LogP contribution in [0.15, 0.2) is 17.9 Å². The van der Waals surface area contributed by atoms with Gasteiger partial charge in [0.25, 0.3) is 5.91 Å². The third kappa shape index (κ3) is 3.78. The molecule has 3 aliphatic rings. The van der Waals surface area contributed by atoms with Gasteiger partial charge in [-0.1, -0.05) is 17.7 Å². The van der Waals surface area contributed by atoms with Crippen molar-refractivity contribution in [2.75, 3.05) is 13.4 Å². The Kier molecular flexibility index (Phi) is 5.71. The molecular formula is C25H35NO4. The van der Waals surface area contributed by atoms with Gasteiger partial charge >= 0.3 is 0 Å². The lowest BCUT2D eigenvalue weighted by molar-refractivity contribution is -0.118. The van der Waals surface area contributed by atoms with Crippen LogP contribution in [0.2, 0.25) is 0 Å². The average molecular weight is 414 g/mol. The number of ether oxygens (including phenoxy) is 3. The van der Waals surface area contributed by atoms with E-state index in [0.717, 1.165) is 67.6 Å². The van der Waals surface area contributed by atoms with Crippen molar-refractivity contribution in [2.24, 2.45) is 0 Å². The van der Waals surface area contributed by atoms with E-state index >= 15 is 0 Å². The van der Waals surface area contributed by atoms with Crippen molar-refractivity contribution in [3.8, 4) is 0 Å². The molecule has 5 nitrogen and oxygen atoms in total. The van der Waals surface area contributed by atoms with Crippen molar-refractivity contribution in [3.05, 3.63) is 40.1 Å². The van der Waals surface area contributed by atoms with Crippen molar-refractivity contribution in [3.63, 3.8) is 0 Å². The van der Waals surface area contributed by atoms with Gasteiger partial charge in [0, 0.05) is 6.61 Å². The molecule has 1 saturated carbocycles. The summed E-state index contributed by atoms with van der Waals surface area (Å²) in [5.41, 5.74) is 4.61. The zero-order valence-electron chi connectivity index (χ0n) is 19.0. The first-order chi connectivity index (χ1) is 14.3. The van der Waals surface area contributed by atoms with Gasteiger partial charge in [0.05, 0.1) is 22.8 Å². The van der Waals surface area contributed by atoms with Gasteiger partial charge in [0.2, 0.25) is 0 Å². The summed E-state index contributed by atoms with van der Waals surface area (Å²) in [6.07, 6.45) is 5.89. The minimum atomic E-state index is -0.465. The number of carbonyl (C=O) groups is 1. The molecule has 2 heterocycles. The number of rotatable bonds is 5. The average Bonchev–Trinajstić information content (AvgIpc) is 3.22. The predicted octanol–water partition coefficient (Wildman–Crippen LogP) is 4.71. The molecule has 5 heteroatoms. The second kappa shape index (κ2) is 8.01. The molecule has 2 spiro atoms. The van der Waals surface area contributed by atoms with Gasteiger partial charge in [-0.25, -0.2) is 0 Å². The van der Waals surface area contributed by atoms with Gasteiger partial charge in [0.1, 0.15) is 5.76 Å². The van der Waals surface area contributed by atoms with Crippen LogP contribution in [0.25, 0.3) is 5.57 Å². The standard InChI is InChI=1S/C25H35NO4/c1-16(2)28-15-29-22-21(20-18(4)13-17(3)14-19(20)5)23(27)26-25(22)10-8-24(9-11-25)7-6-12-30-24/h13-14,16H,6-12,15H2,1-5H3,(H,26,27). The van der Waals surface area contributed by atoms with E-state index in [0.29, 0.717) is 5.57 Å². The molecule has 0 atom stereocenters. The molecule has 0 bridgehead atoms. The van der Waals surface area contributed by atoms with E-state index in [9.17, 15) is 4.79 Å². The molecule has 1 saturated heterocycles. The summed E-state index contributed by atoms with van der Waals surface area (Å²) >= 11 is 0. The largest absolute Gasteiger partial charge is 0.469 e. The Bertz CT molecular complexity index is 831. The normalized spacial score (nSPS) is 28.8. The molecule has 164 valence electrons. The van der Waals surface area contributed by atoms with Crippen LogP contribution in [0.1, 0.15) is 74.6 Å². The number of carbonyl (C=O) groups excluding carboxylic acids is 1. The Hall–Kier alpha value is -1.85. The van der Waals surface area contributed by atoms with Gasteiger partial charge in [-0.3, -0.25) is 4.79 Å². The Morgan fingerprint density at radius 2 is 1.73 bits per heavy atom. The van der Waals surface area contributed by atoms with Crippen molar-refractivity contribution in [1.82, 2.24) is 5.32 Å². The van der Waals surface area contributed by atoms with Crippen molar-refractivity contribution in [2.45, 2.75) is 90.4 Å². The van der Waals surface area contributed by atoms with Crippen LogP contribution in [0.5, 0.6) is 0 Å². The first kappa shape index (κ1) is 21.4. The van der Waals surface area contributed by atoms with E-state index < -0.39 is 5.54 Å². The Morgan fingerprint density at radius 1 is 1.07 bits per heavy atom. The highest BCUT2D eigenvalue weighted by atomic mass is 16.7. The molecule has 4 rings (SSSR count). The maximum absolute atomic E-state index is 13.3. The van der Waals surface area contributed by atoms with Crippen LogP contribution in [0.3, 0.4) is 0 Å². The Morgan fingerprint density at radius 3 is 2.30 bits per heavy atom. The van der Waals surface area contributed by atoms with Gasteiger partial charge < -0.3 is 19.5 Å². The van der Waals surface area contributed by atoms with Crippen molar-refractivity contribution in [1.29, 1.82) is 0 Å². The molecule has 1 aliphatic carbocycles. The smallest absolute Gasteiger partial charge is 0.256 e. The number of aryl methyl sites for hydroxylation is 3. The van der Waals surface area contributed by atoms with Crippen LogP contribution >= 0.6 is 0 Å². The molecule has 1 aromatic carbocycles. The van der Waals surface area contributed by atoms with Crippen LogP contribution in [0, 0.1) is 20.8 Å². The van der Waals surface area contributed by atoms with E-state index in [1.807, 2.05) is 13.8 Å². The first-order valence-electron chi connectivity index (χ1n) is 11.3. The molecular weight excluding hydrogens is 378 g/mol.